The summed E-state index contributed by atoms with van der Waals surface area (Å²) in [7, 11) is 2.22. The van der Waals surface area contributed by atoms with Gasteiger partial charge in [0.25, 0.3) is 0 Å². The summed E-state index contributed by atoms with van der Waals surface area (Å²) in [6.45, 7) is 12.5. The Labute approximate surface area is 99.5 Å². The summed E-state index contributed by atoms with van der Waals surface area (Å²) >= 11 is 0. The quantitative estimate of drug-likeness (QED) is 0.711. The predicted octanol–water partition coefficient (Wildman–Crippen LogP) is 0.790. The molecule has 0 amide bonds. The second-order valence-electron chi connectivity index (χ2n) is 5.40. The van der Waals surface area contributed by atoms with Gasteiger partial charge in [0.15, 0.2) is 0 Å². The lowest BCUT2D eigenvalue weighted by molar-refractivity contribution is 0.255. The molecule has 0 bridgehead atoms. The fourth-order valence-corrected chi connectivity index (χ4v) is 2.85. The molecule has 2 aliphatic heterocycles. The van der Waals surface area contributed by atoms with Crippen LogP contribution in [0.15, 0.2) is 12.2 Å². The van der Waals surface area contributed by atoms with Gasteiger partial charge in [0, 0.05) is 39.3 Å². The van der Waals surface area contributed by atoms with Crippen LogP contribution in [0.4, 0.5) is 0 Å². The number of piperazine rings is 1. The summed E-state index contributed by atoms with van der Waals surface area (Å²) < 4.78 is 0. The lowest BCUT2D eigenvalue weighted by Gasteiger charge is -2.28. The highest BCUT2D eigenvalue weighted by molar-refractivity contribution is 5.00. The molecule has 1 atom stereocenters. The highest BCUT2D eigenvalue weighted by atomic mass is 15.2. The van der Waals surface area contributed by atoms with E-state index in [4.69, 9.17) is 0 Å². The maximum Gasteiger partial charge on any atom is 0.0191 e. The van der Waals surface area contributed by atoms with Crippen molar-refractivity contribution in [3.05, 3.63) is 12.2 Å². The van der Waals surface area contributed by atoms with Crippen molar-refractivity contribution in [3.63, 3.8) is 0 Å². The molecule has 0 spiro atoms. The molecule has 2 heterocycles. The molecule has 2 fully saturated rings. The van der Waals surface area contributed by atoms with Crippen LogP contribution < -0.4 is 5.32 Å². The van der Waals surface area contributed by atoms with Crippen molar-refractivity contribution in [2.24, 2.45) is 5.92 Å². The van der Waals surface area contributed by atoms with Gasteiger partial charge in [-0.15, -0.1) is 0 Å². The van der Waals surface area contributed by atoms with Crippen molar-refractivity contribution in [2.45, 2.75) is 12.8 Å². The topological polar surface area (TPSA) is 18.5 Å². The smallest absolute Gasteiger partial charge is 0.0191 e. The van der Waals surface area contributed by atoms with E-state index in [1.807, 2.05) is 0 Å². The molecule has 92 valence electrons. The Morgan fingerprint density at radius 2 is 2.06 bits per heavy atom. The fourth-order valence-electron chi connectivity index (χ4n) is 2.85. The molecule has 0 aromatic rings. The van der Waals surface area contributed by atoms with Crippen molar-refractivity contribution in [1.82, 2.24) is 15.1 Å². The summed E-state index contributed by atoms with van der Waals surface area (Å²) in [5.74, 6) is 0.861. The van der Waals surface area contributed by atoms with Crippen LogP contribution in [0.1, 0.15) is 12.8 Å². The zero-order valence-electron chi connectivity index (χ0n) is 10.5. The SMILES string of the molecule is C=C(CC1CCN(C)C1)CN1CCNCC1. The number of likely N-dealkylation sites (tertiary alicyclic amines) is 1. The Bertz CT molecular complexity index is 225. The van der Waals surface area contributed by atoms with Crippen molar-refractivity contribution in [2.75, 3.05) is 52.9 Å². The lowest BCUT2D eigenvalue weighted by Crippen LogP contribution is -2.44. The van der Waals surface area contributed by atoms with E-state index in [-0.39, 0.29) is 0 Å². The molecule has 0 saturated carbocycles. The van der Waals surface area contributed by atoms with Gasteiger partial charge in [-0.2, -0.15) is 0 Å². The summed E-state index contributed by atoms with van der Waals surface area (Å²) in [6.07, 6.45) is 2.59. The van der Waals surface area contributed by atoms with E-state index in [0.29, 0.717) is 0 Å². The van der Waals surface area contributed by atoms with Crippen molar-refractivity contribution >= 4 is 0 Å². The molecule has 1 N–H and O–H groups in total. The van der Waals surface area contributed by atoms with Crippen molar-refractivity contribution < 1.29 is 0 Å². The summed E-state index contributed by atoms with van der Waals surface area (Å²) in [4.78, 5) is 4.96. The standard InChI is InChI=1S/C13H25N3/c1-12(9-13-3-6-15(2)11-13)10-16-7-4-14-5-8-16/h13-14H,1,3-11H2,2H3. The maximum atomic E-state index is 4.26. The third kappa shape index (κ3) is 3.58. The molecule has 2 saturated heterocycles. The largest absolute Gasteiger partial charge is 0.314 e. The van der Waals surface area contributed by atoms with E-state index in [0.717, 1.165) is 25.6 Å². The highest BCUT2D eigenvalue weighted by Gasteiger charge is 2.20. The molecule has 0 radical (unpaired) electrons. The fraction of sp³-hybridized carbons (Fsp3) is 0.846. The number of nitrogens with one attached hydrogen (secondary N) is 1. The van der Waals surface area contributed by atoms with E-state index in [2.05, 4.69) is 28.7 Å². The first-order valence-corrected chi connectivity index (χ1v) is 6.52. The lowest BCUT2D eigenvalue weighted by atomic mass is 9.99. The molecular weight excluding hydrogens is 198 g/mol. The van der Waals surface area contributed by atoms with Gasteiger partial charge in [0.05, 0.1) is 0 Å². The molecule has 0 aliphatic carbocycles. The molecule has 16 heavy (non-hydrogen) atoms. The summed E-state index contributed by atoms with van der Waals surface area (Å²) in [5.41, 5.74) is 1.43. The average molecular weight is 223 g/mol. The minimum Gasteiger partial charge on any atom is -0.314 e. The van der Waals surface area contributed by atoms with E-state index in [1.165, 1.54) is 44.6 Å². The second-order valence-corrected chi connectivity index (χ2v) is 5.40. The third-order valence-electron chi connectivity index (χ3n) is 3.72. The van der Waals surface area contributed by atoms with E-state index in [9.17, 15) is 0 Å². The minimum absolute atomic E-state index is 0.861. The van der Waals surface area contributed by atoms with Crippen molar-refractivity contribution in [3.8, 4) is 0 Å². The Morgan fingerprint density at radius 1 is 1.31 bits per heavy atom. The van der Waals surface area contributed by atoms with E-state index >= 15 is 0 Å². The summed E-state index contributed by atoms with van der Waals surface area (Å²) in [5, 5.41) is 3.39. The monoisotopic (exact) mass is 223 g/mol. The first kappa shape index (κ1) is 12.1. The van der Waals surface area contributed by atoms with Gasteiger partial charge in [-0.1, -0.05) is 12.2 Å². The highest BCUT2D eigenvalue weighted by Crippen LogP contribution is 2.21. The Morgan fingerprint density at radius 3 is 2.69 bits per heavy atom. The molecule has 1 unspecified atom stereocenters. The van der Waals surface area contributed by atoms with Gasteiger partial charge in [-0.25, -0.2) is 0 Å². The van der Waals surface area contributed by atoms with Gasteiger partial charge in [0.1, 0.15) is 0 Å². The Balaban J connectivity index is 1.67. The maximum absolute atomic E-state index is 4.26. The van der Waals surface area contributed by atoms with Gasteiger partial charge >= 0.3 is 0 Å². The molecule has 3 heteroatoms. The zero-order chi connectivity index (χ0) is 11.4. The zero-order valence-corrected chi connectivity index (χ0v) is 10.5. The molecule has 2 aliphatic rings. The molecular formula is C13H25N3. The van der Waals surface area contributed by atoms with Crippen LogP contribution in [-0.2, 0) is 0 Å². The Hall–Kier alpha value is -0.380. The first-order valence-electron chi connectivity index (χ1n) is 6.52. The van der Waals surface area contributed by atoms with Crippen LogP contribution in [0.3, 0.4) is 0 Å². The van der Waals surface area contributed by atoms with Gasteiger partial charge in [0.2, 0.25) is 0 Å². The molecule has 0 aromatic carbocycles. The third-order valence-corrected chi connectivity index (χ3v) is 3.72. The number of hydrogen-bond acceptors (Lipinski definition) is 3. The Kier molecular flexibility index (Phi) is 4.38. The van der Waals surface area contributed by atoms with Crippen LogP contribution in [0, 0.1) is 5.92 Å². The van der Waals surface area contributed by atoms with Gasteiger partial charge in [-0.05, 0) is 32.4 Å². The number of rotatable bonds is 4. The summed E-state index contributed by atoms with van der Waals surface area (Å²) in [6, 6.07) is 0. The average Bonchev–Trinajstić information content (AvgIpc) is 2.65. The van der Waals surface area contributed by atoms with Crippen molar-refractivity contribution in [1.29, 1.82) is 0 Å². The predicted molar refractivity (Wildman–Crippen MR) is 68.7 cm³/mol. The molecule has 2 rings (SSSR count). The van der Waals surface area contributed by atoms with Crippen LogP contribution in [0.2, 0.25) is 0 Å². The van der Waals surface area contributed by atoms with E-state index in [1.54, 1.807) is 0 Å². The van der Waals surface area contributed by atoms with Gasteiger partial charge in [-0.3, -0.25) is 4.90 Å². The molecule has 3 nitrogen and oxygen atoms in total. The first-order chi connectivity index (χ1) is 7.74. The normalized spacial score (nSPS) is 28.4. The number of nitrogens with zero attached hydrogens (tertiary/aromatic N) is 2. The number of hydrogen-bond donors (Lipinski definition) is 1. The van der Waals surface area contributed by atoms with Crippen LogP contribution in [-0.4, -0.2) is 62.7 Å². The van der Waals surface area contributed by atoms with Gasteiger partial charge < -0.3 is 10.2 Å². The van der Waals surface area contributed by atoms with Crippen LogP contribution in [0.5, 0.6) is 0 Å². The van der Waals surface area contributed by atoms with E-state index < -0.39 is 0 Å². The molecule has 0 aromatic heterocycles. The second kappa shape index (κ2) is 5.80. The van der Waals surface area contributed by atoms with Crippen LogP contribution >= 0.6 is 0 Å². The van der Waals surface area contributed by atoms with Crippen LogP contribution in [0.25, 0.3) is 0 Å². The minimum atomic E-state index is 0.861.